The fourth-order valence-electron chi connectivity index (χ4n) is 3.44. The van der Waals surface area contributed by atoms with Gasteiger partial charge in [-0.3, -0.25) is 0 Å². The third kappa shape index (κ3) is 3.20. The number of hydrogen-bond donors (Lipinski definition) is 1. The molecule has 0 aliphatic rings. The Morgan fingerprint density at radius 1 is 0.929 bits per heavy atom. The van der Waals surface area contributed by atoms with Crippen molar-refractivity contribution in [1.82, 2.24) is 9.55 Å². The molecule has 0 aliphatic heterocycles. The van der Waals surface area contributed by atoms with Crippen LogP contribution >= 0.6 is 0 Å². The summed E-state index contributed by atoms with van der Waals surface area (Å²) in [7, 11) is 1.85. The molecule has 4 aromatic rings. The minimum absolute atomic E-state index is 0.573. The summed E-state index contributed by atoms with van der Waals surface area (Å²) in [6.45, 7) is 0. The molecule has 0 saturated heterocycles. The van der Waals surface area contributed by atoms with Crippen LogP contribution in [0.25, 0.3) is 22.3 Å². The Hall–Kier alpha value is -3.68. The Kier molecular flexibility index (Phi) is 4.76. The third-order valence-corrected chi connectivity index (χ3v) is 4.92. The Morgan fingerprint density at radius 3 is 2.32 bits per heavy atom. The number of aliphatic hydroxyl groups is 1. The van der Waals surface area contributed by atoms with E-state index in [0.29, 0.717) is 11.3 Å². The number of aryl methyl sites for hydroxylation is 1. The number of aliphatic hydroxyl groups excluding tert-OH is 1. The number of nitriles is 1. The zero-order chi connectivity index (χ0) is 19.5. The molecule has 1 N–H and O–H groups in total. The van der Waals surface area contributed by atoms with E-state index in [0.717, 1.165) is 27.8 Å². The standard InChI is InChI=1S/C24H19N3O/c1-27-16-26-15-23(27)24(28)18-11-12-19(14-25)22(13-18)21-10-6-5-9-20(21)17-7-3-2-4-8-17/h2-13,15-16,24,28H,1H3. The summed E-state index contributed by atoms with van der Waals surface area (Å²) >= 11 is 0. The minimum Gasteiger partial charge on any atom is -0.382 e. The lowest BCUT2D eigenvalue weighted by atomic mass is 9.90. The van der Waals surface area contributed by atoms with Crippen LogP contribution in [0.3, 0.4) is 0 Å². The largest absolute Gasteiger partial charge is 0.382 e. The number of imidazole rings is 1. The molecule has 0 amide bonds. The zero-order valence-corrected chi connectivity index (χ0v) is 15.4. The van der Waals surface area contributed by atoms with Crippen LogP contribution in [-0.2, 0) is 7.05 Å². The van der Waals surface area contributed by atoms with Gasteiger partial charge in [0.15, 0.2) is 0 Å². The van der Waals surface area contributed by atoms with Gasteiger partial charge in [-0.1, -0.05) is 60.7 Å². The molecule has 28 heavy (non-hydrogen) atoms. The Bertz CT molecular complexity index is 1160. The average molecular weight is 365 g/mol. The fourth-order valence-corrected chi connectivity index (χ4v) is 3.44. The summed E-state index contributed by atoms with van der Waals surface area (Å²) in [4.78, 5) is 4.09. The first-order chi connectivity index (χ1) is 13.7. The highest BCUT2D eigenvalue weighted by Gasteiger charge is 2.18. The molecule has 1 heterocycles. The smallest absolute Gasteiger partial charge is 0.121 e. The predicted octanol–water partition coefficient (Wildman–Crippen LogP) is 4.71. The lowest BCUT2D eigenvalue weighted by Crippen LogP contribution is -2.05. The van der Waals surface area contributed by atoms with Gasteiger partial charge >= 0.3 is 0 Å². The van der Waals surface area contributed by atoms with Crippen LogP contribution in [0.1, 0.15) is 22.9 Å². The summed E-state index contributed by atoms with van der Waals surface area (Å²) in [5.41, 5.74) is 5.90. The quantitative estimate of drug-likeness (QED) is 0.570. The number of hydrogen-bond acceptors (Lipinski definition) is 3. The van der Waals surface area contributed by atoms with Crippen molar-refractivity contribution in [3.8, 4) is 28.3 Å². The topological polar surface area (TPSA) is 61.8 Å². The van der Waals surface area contributed by atoms with Gasteiger partial charge in [-0.15, -0.1) is 0 Å². The number of benzene rings is 3. The number of rotatable bonds is 4. The van der Waals surface area contributed by atoms with Crippen LogP contribution in [0.4, 0.5) is 0 Å². The molecule has 0 spiro atoms. The molecule has 3 aromatic carbocycles. The third-order valence-electron chi connectivity index (χ3n) is 4.92. The first kappa shape index (κ1) is 17.7. The van der Waals surface area contributed by atoms with Crippen molar-refractivity contribution >= 4 is 0 Å². The second kappa shape index (κ2) is 7.51. The molecule has 1 unspecified atom stereocenters. The summed E-state index contributed by atoms with van der Waals surface area (Å²) < 4.78 is 1.79. The van der Waals surface area contributed by atoms with E-state index in [4.69, 9.17) is 0 Å². The average Bonchev–Trinajstić information content (AvgIpc) is 3.19. The van der Waals surface area contributed by atoms with Crippen LogP contribution in [0.2, 0.25) is 0 Å². The molecule has 0 aliphatic carbocycles. The summed E-state index contributed by atoms with van der Waals surface area (Å²) in [5, 5.41) is 20.5. The van der Waals surface area contributed by atoms with E-state index in [1.54, 1.807) is 29.2 Å². The van der Waals surface area contributed by atoms with Gasteiger partial charge in [0.25, 0.3) is 0 Å². The highest BCUT2D eigenvalue weighted by atomic mass is 16.3. The minimum atomic E-state index is -0.817. The first-order valence-corrected chi connectivity index (χ1v) is 9.02. The molecule has 0 fully saturated rings. The van der Waals surface area contributed by atoms with Crippen molar-refractivity contribution in [3.63, 3.8) is 0 Å². The van der Waals surface area contributed by atoms with Crippen molar-refractivity contribution in [1.29, 1.82) is 5.26 Å². The van der Waals surface area contributed by atoms with Gasteiger partial charge in [-0.2, -0.15) is 5.26 Å². The van der Waals surface area contributed by atoms with E-state index in [-0.39, 0.29) is 0 Å². The van der Waals surface area contributed by atoms with Crippen LogP contribution in [0.5, 0.6) is 0 Å². The van der Waals surface area contributed by atoms with Crippen molar-refractivity contribution in [3.05, 3.63) is 102 Å². The van der Waals surface area contributed by atoms with Gasteiger partial charge in [0.1, 0.15) is 6.10 Å². The summed E-state index contributed by atoms with van der Waals surface area (Å²) in [6, 6.07) is 25.9. The number of nitrogens with zero attached hydrogens (tertiary/aromatic N) is 3. The normalized spacial score (nSPS) is 11.8. The van der Waals surface area contributed by atoms with Gasteiger partial charge < -0.3 is 9.67 Å². The molecule has 4 heteroatoms. The van der Waals surface area contributed by atoms with Crippen molar-refractivity contribution < 1.29 is 5.11 Å². The predicted molar refractivity (Wildman–Crippen MR) is 109 cm³/mol. The SMILES string of the molecule is Cn1cncc1C(O)c1ccc(C#N)c(-c2ccccc2-c2ccccc2)c1. The second-order valence-corrected chi connectivity index (χ2v) is 6.66. The Labute approximate surface area is 164 Å². The highest BCUT2D eigenvalue weighted by Crippen LogP contribution is 2.35. The van der Waals surface area contributed by atoms with Crippen LogP contribution < -0.4 is 0 Å². The van der Waals surface area contributed by atoms with E-state index >= 15 is 0 Å². The maximum absolute atomic E-state index is 10.8. The molecule has 4 nitrogen and oxygen atoms in total. The zero-order valence-electron chi connectivity index (χ0n) is 15.4. The van der Waals surface area contributed by atoms with E-state index in [2.05, 4.69) is 29.3 Å². The van der Waals surface area contributed by atoms with Crippen LogP contribution in [0, 0.1) is 11.3 Å². The highest BCUT2D eigenvalue weighted by molar-refractivity contribution is 5.86. The van der Waals surface area contributed by atoms with Gasteiger partial charge in [0.2, 0.25) is 0 Å². The van der Waals surface area contributed by atoms with Crippen molar-refractivity contribution in [2.24, 2.45) is 7.05 Å². The maximum atomic E-state index is 10.8. The van der Waals surface area contributed by atoms with E-state index in [9.17, 15) is 10.4 Å². The lowest BCUT2D eigenvalue weighted by molar-refractivity contribution is 0.211. The molecule has 1 aromatic heterocycles. The molecule has 136 valence electrons. The maximum Gasteiger partial charge on any atom is 0.121 e. The number of aromatic nitrogens is 2. The first-order valence-electron chi connectivity index (χ1n) is 9.02. The molecular weight excluding hydrogens is 346 g/mol. The van der Waals surface area contributed by atoms with Crippen molar-refractivity contribution in [2.45, 2.75) is 6.10 Å². The Balaban J connectivity index is 1.87. The second-order valence-electron chi connectivity index (χ2n) is 6.66. The molecule has 0 bridgehead atoms. The molecule has 4 rings (SSSR count). The molecular formula is C24H19N3O. The monoisotopic (exact) mass is 365 g/mol. The lowest BCUT2D eigenvalue weighted by Gasteiger charge is -2.16. The van der Waals surface area contributed by atoms with E-state index < -0.39 is 6.10 Å². The van der Waals surface area contributed by atoms with Gasteiger partial charge in [0.05, 0.1) is 29.9 Å². The van der Waals surface area contributed by atoms with Gasteiger partial charge in [-0.25, -0.2) is 4.98 Å². The van der Waals surface area contributed by atoms with E-state index in [1.165, 1.54) is 0 Å². The van der Waals surface area contributed by atoms with Crippen LogP contribution in [0.15, 0.2) is 85.3 Å². The van der Waals surface area contributed by atoms with Gasteiger partial charge in [-0.05, 0) is 34.4 Å². The fraction of sp³-hybridized carbons (Fsp3) is 0.0833. The molecule has 0 radical (unpaired) electrons. The van der Waals surface area contributed by atoms with Crippen LogP contribution in [-0.4, -0.2) is 14.7 Å². The summed E-state index contributed by atoms with van der Waals surface area (Å²) in [6.07, 6.45) is 2.50. The molecule has 1 atom stereocenters. The Morgan fingerprint density at radius 2 is 1.64 bits per heavy atom. The van der Waals surface area contributed by atoms with Gasteiger partial charge in [0, 0.05) is 12.6 Å². The molecule has 0 saturated carbocycles. The summed E-state index contributed by atoms with van der Waals surface area (Å²) in [5.74, 6) is 0. The van der Waals surface area contributed by atoms with E-state index in [1.807, 2.05) is 49.5 Å². The van der Waals surface area contributed by atoms with Crippen molar-refractivity contribution in [2.75, 3.05) is 0 Å².